The predicted molar refractivity (Wildman–Crippen MR) is 93.1 cm³/mol. The molecule has 1 aliphatic heterocycles. The van der Waals surface area contributed by atoms with Gasteiger partial charge in [0.05, 0.1) is 5.69 Å². The summed E-state index contributed by atoms with van der Waals surface area (Å²) < 4.78 is 12.2. The van der Waals surface area contributed by atoms with Crippen LogP contribution in [-0.4, -0.2) is 38.7 Å². The molecule has 0 fully saturated rings. The maximum absolute atomic E-state index is 12.5. The first kappa shape index (κ1) is 16.1. The van der Waals surface area contributed by atoms with E-state index in [1.165, 1.54) is 4.52 Å². The number of hydrogen-bond acceptors (Lipinski definition) is 6. The van der Waals surface area contributed by atoms with E-state index in [0.717, 1.165) is 0 Å². The van der Waals surface area contributed by atoms with E-state index in [1.807, 2.05) is 6.92 Å². The number of nitrogens with zero attached hydrogens (tertiary/aromatic N) is 3. The van der Waals surface area contributed by atoms with E-state index in [1.54, 1.807) is 25.1 Å². The van der Waals surface area contributed by atoms with Crippen molar-refractivity contribution in [3.63, 3.8) is 0 Å². The van der Waals surface area contributed by atoms with Crippen LogP contribution in [0.4, 0.5) is 5.95 Å². The molecule has 4 rings (SSSR count). The van der Waals surface area contributed by atoms with Gasteiger partial charge in [0.2, 0.25) is 5.95 Å². The molecule has 3 aromatic rings. The lowest BCUT2D eigenvalue weighted by atomic mass is 10.2. The van der Waals surface area contributed by atoms with Gasteiger partial charge >= 0.3 is 0 Å². The Morgan fingerprint density at radius 1 is 1.27 bits per heavy atom. The van der Waals surface area contributed by atoms with Crippen LogP contribution in [0.2, 0.25) is 0 Å². The van der Waals surface area contributed by atoms with Gasteiger partial charge in [-0.2, -0.15) is 9.50 Å². The van der Waals surface area contributed by atoms with Crippen LogP contribution < -0.4 is 20.3 Å². The summed E-state index contributed by atoms with van der Waals surface area (Å²) in [5.74, 6) is 1.09. The molecule has 3 heterocycles. The van der Waals surface area contributed by atoms with Gasteiger partial charge in [-0.3, -0.25) is 20.0 Å². The van der Waals surface area contributed by atoms with Gasteiger partial charge < -0.3 is 9.47 Å². The van der Waals surface area contributed by atoms with E-state index in [0.29, 0.717) is 48.0 Å². The van der Waals surface area contributed by atoms with Gasteiger partial charge in [-0.05, 0) is 31.5 Å². The number of aromatic amines is 1. The largest absolute Gasteiger partial charge is 0.486 e. The highest BCUT2D eigenvalue weighted by Crippen LogP contribution is 2.30. The van der Waals surface area contributed by atoms with Crippen LogP contribution in [0.1, 0.15) is 28.5 Å². The third-order valence-corrected chi connectivity index (χ3v) is 4.19. The second-order valence-corrected chi connectivity index (χ2v) is 5.85. The molecule has 0 bridgehead atoms. The maximum atomic E-state index is 12.5. The van der Waals surface area contributed by atoms with Crippen LogP contribution in [-0.2, 0) is 6.42 Å². The topological polar surface area (TPSA) is 111 Å². The number of amides is 1. The van der Waals surface area contributed by atoms with Crippen LogP contribution in [0.15, 0.2) is 23.0 Å². The lowest BCUT2D eigenvalue weighted by Crippen LogP contribution is -2.21. The number of carbonyl (C=O) groups is 1. The molecule has 2 aromatic heterocycles. The number of ether oxygens (including phenoxy) is 2. The van der Waals surface area contributed by atoms with Gasteiger partial charge in [-0.15, -0.1) is 0 Å². The summed E-state index contributed by atoms with van der Waals surface area (Å²) >= 11 is 0. The molecule has 26 heavy (non-hydrogen) atoms. The Balaban J connectivity index is 1.64. The number of carbonyl (C=O) groups excluding carboxylic acids is 1. The van der Waals surface area contributed by atoms with E-state index in [-0.39, 0.29) is 23.2 Å². The van der Waals surface area contributed by atoms with E-state index in [9.17, 15) is 9.59 Å². The molecule has 0 atom stereocenters. The van der Waals surface area contributed by atoms with E-state index >= 15 is 0 Å². The second-order valence-electron chi connectivity index (χ2n) is 5.85. The Bertz CT molecular complexity index is 1070. The predicted octanol–water partition coefficient (Wildman–Crippen LogP) is 1.31. The molecule has 0 spiro atoms. The fourth-order valence-electron chi connectivity index (χ4n) is 2.88. The van der Waals surface area contributed by atoms with Gasteiger partial charge in [0.25, 0.3) is 17.2 Å². The number of aromatic nitrogens is 4. The molecule has 2 N–H and O–H groups in total. The van der Waals surface area contributed by atoms with Crippen LogP contribution in [0.3, 0.4) is 0 Å². The van der Waals surface area contributed by atoms with Gasteiger partial charge in [-0.1, -0.05) is 6.92 Å². The van der Waals surface area contributed by atoms with Crippen molar-refractivity contribution in [1.29, 1.82) is 0 Å². The summed E-state index contributed by atoms with van der Waals surface area (Å²) in [6, 6.07) is 4.93. The summed E-state index contributed by atoms with van der Waals surface area (Å²) in [5.41, 5.74) is 1.41. The normalized spacial score (nSPS) is 13.0. The molecule has 1 amide bonds. The van der Waals surface area contributed by atoms with Crippen LogP contribution >= 0.6 is 0 Å². The van der Waals surface area contributed by atoms with Crippen molar-refractivity contribution in [3.8, 4) is 11.5 Å². The molecule has 0 unspecified atom stereocenters. The minimum atomic E-state index is -0.387. The average molecular weight is 355 g/mol. The Labute approximate surface area is 148 Å². The van der Waals surface area contributed by atoms with Gasteiger partial charge in [0.1, 0.15) is 13.2 Å². The van der Waals surface area contributed by atoms with Crippen molar-refractivity contribution in [1.82, 2.24) is 19.6 Å². The zero-order valence-electron chi connectivity index (χ0n) is 14.3. The van der Waals surface area contributed by atoms with Gasteiger partial charge in [0, 0.05) is 11.1 Å². The standard InChI is InChI=1S/C17H17N5O4/c1-3-11-9(2)18-17-20-16(21-22(17)15(11)24)19-14(23)10-4-5-12-13(8-10)26-7-6-25-12/h4-5,8H,3,6-7H2,1-2H3,(H2,18,19,20,21,23). The van der Waals surface area contributed by atoms with E-state index < -0.39 is 0 Å². The number of rotatable bonds is 3. The SMILES string of the molecule is CCc1c(C)nc2nc(NC(=O)c3ccc4c(c3)OCCO4)[nH]n2c1=O. The number of anilines is 1. The maximum Gasteiger partial charge on any atom is 0.277 e. The fraction of sp³-hybridized carbons (Fsp3) is 0.294. The van der Waals surface area contributed by atoms with Crippen molar-refractivity contribution in [3.05, 3.63) is 45.4 Å². The zero-order valence-corrected chi connectivity index (χ0v) is 14.3. The lowest BCUT2D eigenvalue weighted by Gasteiger charge is -2.18. The van der Waals surface area contributed by atoms with Crippen molar-refractivity contribution in [2.45, 2.75) is 20.3 Å². The number of nitrogens with one attached hydrogen (secondary N) is 2. The monoisotopic (exact) mass is 355 g/mol. The number of aryl methyl sites for hydroxylation is 1. The van der Waals surface area contributed by atoms with Crippen LogP contribution in [0.5, 0.6) is 11.5 Å². The highest BCUT2D eigenvalue weighted by atomic mass is 16.6. The van der Waals surface area contributed by atoms with E-state index in [4.69, 9.17) is 9.47 Å². The van der Waals surface area contributed by atoms with Gasteiger partial charge in [0.15, 0.2) is 11.5 Å². The molecule has 1 aromatic carbocycles. The Morgan fingerprint density at radius 3 is 2.81 bits per heavy atom. The number of hydrogen-bond donors (Lipinski definition) is 2. The minimum absolute atomic E-state index is 0.141. The first-order valence-corrected chi connectivity index (χ1v) is 8.26. The van der Waals surface area contributed by atoms with Crippen LogP contribution in [0.25, 0.3) is 5.78 Å². The minimum Gasteiger partial charge on any atom is -0.486 e. The fourth-order valence-corrected chi connectivity index (χ4v) is 2.88. The molecule has 0 aliphatic carbocycles. The summed E-state index contributed by atoms with van der Waals surface area (Å²) in [5, 5.41) is 5.41. The van der Waals surface area contributed by atoms with Crippen LogP contribution in [0, 0.1) is 6.92 Å². The lowest BCUT2D eigenvalue weighted by molar-refractivity contribution is 0.102. The van der Waals surface area contributed by atoms with Crippen molar-refractivity contribution >= 4 is 17.6 Å². The zero-order chi connectivity index (χ0) is 18.3. The first-order valence-electron chi connectivity index (χ1n) is 8.26. The molecular weight excluding hydrogens is 338 g/mol. The van der Waals surface area contributed by atoms with Crippen molar-refractivity contribution in [2.24, 2.45) is 0 Å². The third kappa shape index (κ3) is 2.67. The number of fused-ring (bicyclic) bond motifs is 2. The van der Waals surface area contributed by atoms with Gasteiger partial charge in [-0.25, -0.2) is 4.98 Å². The highest BCUT2D eigenvalue weighted by molar-refractivity contribution is 6.03. The molecule has 9 heteroatoms. The molecule has 0 saturated heterocycles. The summed E-state index contributed by atoms with van der Waals surface area (Å²) in [6.45, 7) is 4.58. The quantitative estimate of drug-likeness (QED) is 0.733. The van der Waals surface area contributed by atoms with E-state index in [2.05, 4.69) is 20.4 Å². The molecule has 0 radical (unpaired) electrons. The van der Waals surface area contributed by atoms with Crippen molar-refractivity contribution in [2.75, 3.05) is 18.5 Å². The number of benzene rings is 1. The highest BCUT2D eigenvalue weighted by Gasteiger charge is 2.17. The second kappa shape index (κ2) is 6.17. The summed E-state index contributed by atoms with van der Waals surface area (Å²) in [6.07, 6.45) is 0.568. The Kier molecular flexibility index (Phi) is 3.83. The Hall–Kier alpha value is -3.36. The molecule has 9 nitrogen and oxygen atoms in total. The smallest absolute Gasteiger partial charge is 0.277 e. The summed E-state index contributed by atoms with van der Waals surface area (Å²) in [4.78, 5) is 33.4. The molecular formula is C17H17N5O4. The molecule has 1 aliphatic rings. The Morgan fingerprint density at radius 2 is 2.04 bits per heavy atom. The average Bonchev–Trinajstić information content (AvgIpc) is 3.04. The third-order valence-electron chi connectivity index (χ3n) is 4.19. The number of H-pyrrole nitrogens is 1. The molecule has 0 saturated carbocycles. The van der Waals surface area contributed by atoms with Crippen molar-refractivity contribution < 1.29 is 14.3 Å². The first-order chi connectivity index (χ1) is 12.6. The molecule has 134 valence electrons. The summed E-state index contributed by atoms with van der Waals surface area (Å²) in [7, 11) is 0.